The van der Waals surface area contributed by atoms with Crippen LogP contribution in [0.25, 0.3) is 0 Å². The lowest BCUT2D eigenvalue weighted by Crippen LogP contribution is -2.28. The van der Waals surface area contributed by atoms with Crippen LogP contribution in [0.3, 0.4) is 0 Å². The minimum absolute atomic E-state index is 0.507. The van der Waals surface area contributed by atoms with Crippen LogP contribution in [-0.2, 0) is 6.42 Å². The smallest absolute Gasteiger partial charge is 0.205 e. The Morgan fingerprint density at radius 1 is 1.44 bits per heavy atom. The van der Waals surface area contributed by atoms with Crippen molar-refractivity contribution in [2.45, 2.75) is 45.1 Å². The van der Waals surface area contributed by atoms with E-state index < -0.39 is 5.60 Å². The van der Waals surface area contributed by atoms with Crippen LogP contribution in [0.15, 0.2) is 0 Å². The molecule has 1 aromatic heterocycles. The minimum atomic E-state index is -0.507. The third-order valence-corrected chi connectivity index (χ3v) is 3.92. The SMILES string of the molecule is CCc1nsc(N2CCCC(C)(O)CC2)n1. The Morgan fingerprint density at radius 2 is 2.25 bits per heavy atom. The quantitative estimate of drug-likeness (QED) is 0.858. The van der Waals surface area contributed by atoms with Gasteiger partial charge in [-0.1, -0.05) is 6.92 Å². The summed E-state index contributed by atoms with van der Waals surface area (Å²) < 4.78 is 4.30. The second-order valence-electron chi connectivity index (χ2n) is 4.68. The van der Waals surface area contributed by atoms with Crippen molar-refractivity contribution < 1.29 is 5.11 Å². The van der Waals surface area contributed by atoms with Gasteiger partial charge in [-0.2, -0.15) is 4.37 Å². The Bertz CT molecular complexity index is 351. The number of aromatic nitrogens is 2. The van der Waals surface area contributed by atoms with Gasteiger partial charge in [-0.05, 0) is 26.2 Å². The average molecular weight is 241 g/mol. The molecule has 1 N–H and O–H groups in total. The van der Waals surface area contributed by atoms with E-state index >= 15 is 0 Å². The summed E-state index contributed by atoms with van der Waals surface area (Å²) in [5.41, 5.74) is -0.507. The van der Waals surface area contributed by atoms with Crippen molar-refractivity contribution in [3.8, 4) is 0 Å². The summed E-state index contributed by atoms with van der Waals surface area (Å²) in [6.07, 6.45) is 3.60. The lowest BCUT2D eigenvalue weighted by Gasteiger charge is -2.21. The van der Waals surface area contributed by atoms with E-state index in [1.165, 1.54) is 11.5 Å². The number of nitrogens with zero attached hydrogens (tertiary/aromatic N) is 3. The first kappa shape index (κ1) is 11.8. The molecule has 0 aliphatic carbocycles. The van der Waals surface area contributed by atoms with E-state index in [1.807, 2.05) is 6.92 Å². The minimum Gasteiger partial charge on any atom is -0.390 e. The van der Waals surface area contributed by atoms with Gasteiger partial charge in [0.15, 0.2) is 0 Å². The van der Waals surface area contributed by atoms with Crippen LogP contribution in [0, 0.1) is 0 Å². The summed E-state index contributed by atoms with van der Waals surface area (Å²) in [6.45, 7) is 5.85. The summed E-state index contributed by atoms with van der Waals surface area (Å²) in [5, 5.41) is 11.0. The van der Waals surface area contributed by atoms with E-state index in [0.717, 1.165) is 49.7 Å². The second-order valence-corrected chi connectivity index (χ2v) is 5.41. The van der Waals surface area contributed by atoms with E-state index in [-0.39, 0.29) is 0 Å². The zero-order valence-corrected chi connectivity index (χ0v) is 10.8. The Kier molecular flexibility index (Phi) is 3.44. The van der Waals surface area contributed by atoms with Crippen molar-refractivity contribution in [1.29, 1.82) is 0 Å². The molecule has 1 fully saturated rings. The molecule has 1 saturated heterocycles. The van der Waals surface area contributed by atoms with Crippen molar-refractivity contribution in [3.05, 3.63) is 5.82 Å². The average Bonchev–Trinajstić information content (AvgIpc) is 2.64. The maximum atomic E-state index is 10.0. The van der Waals surface area contributed by atoms with E-state index in [2.05, 4.69) is 21.2 Å². The molecule has 0 saturated carbocycles. The van der Waals surface area contributed by atoms with Gasteiger partial charge in [-0.3, -0.25) is 0 Å². The summed E-state index contributed by atoms with van der Waals surface area (Å²) in [6, 6.07) is 0. The fourth-order valence-electron chi connectivity index (χ4n) is 1.97. The van der Waals surface area contributed by atoms with Crippen LogP contribution >= 0.6 is 11.5 Å². The number of hydrogen-bond acceptors (Lipinski definition) is 5. The van der Waals surface area contributed by atoms with Crippen LogP contribution in [0.4, 0.5) is 5.13 Å². The predicted octanol–water partition coefficient (Wildman–Crippen LogP) is 1.84. The fraction of sp³-hybridized carbons (Fsp3) is 0.818. The van der Waals surface area contributed by atoms with Gasteiger partial charge < -0.3 is 10.0 Å². The van der Waals surface area contributed by atoms with Gasteiger partial charge in [-0.25, -0.2) is 4.98 Å². The van der Waals surface area contributed by atoms with E-state index in [0.29, 0.717) is 0 Å². The molecular formula is C11H19N3OS. The molecule has 0 spiro atoms. The molecule has 0 aromatic carbocycles. The van der Waals surface area contributed by atoms with Gasteiger partial charge in [0.1, 0.15) is 5.82 Å². The molecule has 1 atom stereocenters. The number of aryl methyl sites for hydroxylation is 1. The third kappa shape index (κ3) is 2.71. The Balaban J connectivity index is 2.04. The highest BCUT2D eigenvalue weighted by molar-refractivity contribution is 7.09. The maximum Gasteiger partial charge on any atom is 0.205 e. The zero-order valence-electron chi connectivity index (χ0n) is 9.94. The predicted molar refractivity (Wildman–Crippen MR) is 66.0 cm³/mol. The van der Waals surface area contributed by atoms with Gasteiger partial charge in [-0.15, -0.1) is 0 Å². The molecule has 4 nitrogen and oxygen atoms in total. The highest BCUT2D eigenvalue weighted by Crippen LogP contribution is 2.26. The third-order valence-electron chi connectivity index (χ3n) is 3.11. The largest absolute Gasteiger partial charge is 0.390 e. The first-order chi connectivity index (χ1) is 7.61. The van der Waals surface area contributed by atoms with E-state index in [9.17, 15) is 5.11 Å². The summed E-state index contributed by atoms with van der Waals surface area (Å²) in [4.78, 5) is 6.74. The molecule has 90 valence electrons. The van der Waals surface area contributed by atoms with Gasteiger partial charge in [0.2, 0.25) is 5.13 Å². The molecule has 16 heavy (non-hydrogen) atoms. The molecule has 1 aromatic rings. The normalized spacial score (nSPS) is 26.8. The molecule has 1 unspecified atom stereocenters. The first-order valence-corrected chi connectivity index (χ1v) is 6.68. The van der Waals surface area contributed by atoms with Crippen LogP contribution in [0.1, 0.15) is 38.9 Å². The maximum absolute atomic E-state index is 10.0. The van der Waals surface area contributed by atoms with Crippen LogP contribution < -0.4 is 4.90 Å². The number of aliphatic hydroxyl groups is 1. The van der Waals surface area contributed by atoms with Crippen molar-refractivity contribution >= 4 is 16.7 Å². The molecule has 5 heteroatoms. The van der Waals surface area contributed by atoms with Gasteiger partial charge in [0.05, 0.1) is 5.60 Å². The van der Waals surface area contributed by atoms with Gasteiger partial charge in [0, 0.05) is 31.0 Å². The Labute approximate surface area is 100 Å². The van der Waals surface area contributed by atoms with Crippen LogP contribution in [-0.4, -0.2) is 33.2 Å². The second kappa shape index (κ2) is 4.67. The van der Waals surface area contributed by atoms with Gasteiger partial charge in [0.25, 0.3) is 0 Å². The molecule has 2 rings (SSSR count). The van der Waals surface area contributed by atoms with Crippen molar-refractivity contribution in [2.24, 2.45) is 0 Å². The Hall–Kier alpha value is -0.680. The molecule has 1 aliphatic rings. The molecule has 0 amide bonds. The first-order valence-electron chi connectivity index (χ1n) is 5.90. The lowest BCUT2D eigenvalue weighted by atomic mass is 9.98. The highest BCUT2D eigenvalue weighted by atomic mass is 32.1. The molecular weight excluding hydrogens is 222 g/mol. The van der Waals surface area contributed by atoms with Crippen LogP contribution in [0.2, 0.25) is 0 Å². The van der Waals surface area contributed by atoms with E-state index in [1.54, 1.807) is 0 Å². The summed E-state index contributed by atoms with van der Waals surface area (Å²) in [5.74, 6) is 0.927. The fourth-order valence-corrected chi connectivity index (χ4v) is 2.77. The molecule has 1 aliphatic heterocycles. The number of hydrogen-bond donors (Lipinski definition) is 1. The van der Waals surface area contributed by atoms with E-state index in [4.69, 9.17) is 0 Å². The highest BCUT2D eigenvalue weighted by Gasteiger charge is 2.26. The zero-order chi connectivity index (χ0) is 11.6. The topological polar surface area (TPSA) is 49.2 Å². The molecule has 0 bridgehead atoms. The standard InChI is InChI=1S/C11H19N3OS/c1-3-9-12-10(16-13-9)14-7-4-5-11(2,15)6-8-14/h15H,3-8H2,1-2H3. The van der Waals surface area contributed by atoms with Crippen LogP contribution in [0.5, 0.6) is 0 Å². The van der Waals surface area contributed by atoms with Crippen molar-refractivity contribution in [2.75, 3.05) is 18.0 Å². The van der Waals surface area contributed by atoms with Crippen molar-refractivity contribution in [1.82, 2.24) is 9.36 Å². The van der Waals surface area contributed by atoms with Crippen molar-refractivity contribution in [3.63, 3.8) is 0 Å². The number of rotatable bonds is 2. The van der Waals surface area contributed by atoms with Gasteiger partial charge >= 0.3 is 0 Å². The summed E-state index contributed by atoms with van der Waals surface area (Å²) in [7, 11) is 0. The Morgan fingerprint density at radius 3 is 2.94 bits per heavy atom. The molecule has 2 heterocycles. The number of anilines is 1. The summed E-state index contributed by atoms with van der Waals surface area (Å²) >= 11 is 1.47. The monoisotopic (exact) mass is 241 g/mol. The lowest BCUT2D eigenvalue weighted by molar-refractivity contribution is 0.0481. The molecule has 0 radical (unpaired) electrons.